The van der Waals surface area contributed by atoms with E-state index in [0.717, 1.165) is 22.3 Å². The Balaban J connectivity index is 2.28. The van der Waals surface area contributed by atoms with Crippen LogP contribution in [0, 0.1) is 24.2 Å². The molecule has 2 atom stereocenters. The lowest BCUT2D eigenvalue weighted by Gasteiger charge is -2.27. The van der Waals surface area contributed by atoms with Crippen molar-refractivity contribution >= 4 is 5.91 Å². The number of methoxy groups -OCH3 is 3. The van der Waals surface area contributed by atoms with Crippen LogP contribution in [0.3, 0.4) is 0 Å². The Kier molecular flexibility index (Phi) is 5.55. The number of rotatable bonds is 5. The summed E-state index contributed by atoms with van der Waals surface area (Å²) in [5.74, 6) is 0.103. The Bertz CT molecular complexity index is 975. The van der Waals surface area contributed by atoms with Crippen molar-refractivity contribution in [2.45, 2.75) is 12.8 Å². The van der Waals surface area contributed by atoms with Crippen molar-refractivity contribution in [3.8, 4) is 34.4 Å². The maximum absolute atomic E-state index is 12.2. The SMILES string of the molecule is COc1ccc(-c2cccc(C)c2C2C=CNC(=O)C2C#N)c(OC)c1OC. The van der Waals surface area contributed by atoms with Crippen LogP contribution >= 0.6 is 0 Å². The van der Waals surface area contributed by atoms with Crippen LogP contribution in [0.15, 0.2) is 42.6 Å². The van der Waals surface area contributed by atoms with E-state index in [9.17, 15) is 10.1 Å². The second-order valence-electron chi connectivity index (χ2n) is 6.42. The quantitative estimate of drug-likeness (QED) is 0.860. The van der Waals surface area contributed by atoms with E-state index in [1.54, 1.807) is 27.5 Å². The zero-order valence-corrected chi connectivity index (χ0v) is 16.3. The van der Waals surface area contributed by atoms with Gasteiger partial charge in [0.15, 0.2) is 11.5 Å². The van der Waals surface area contributed by atoms with E-state index < -0.39 is 5.92 Å². The number of nitriles is 1. The van der Waals surface area contributed by atoms with Crippen molar-refractivity contribution in [1.82, 2.24) is 5.32 Å². The van der Waals surface area contributed by atoms with Gasteiger partial charge in [0.25, 0.3) is 0 Å². The molecule has 0 spiro atoms. The fourth-order valence-electron chi connectivity index (χ4n) is 3.67. The molecular weight excluding hydrogens is 356 g/mol. The number of hydrogen-bond acceptors (Lipinski definition) is 5. The molecule has 0 bridgehead atoms. The van der Waals surface area contributed by atoms with Crippen molar-refractivity contribution in [3.63, 3.8) is 0 Å². The molecule has 1 N–H and O–H groups in total. The van der Waals surface area contributed by atoms with Gasteiger partial charge in [-0.15, -0.1) is 0 Å². The zero-order chi connectivity index (χ0) is 20.3. The van der Waals surface area contributed by atoms with E-state index >= 15 is 0 Å². The van der Waals surface area contributed by atoms with Gasteiger partial charge in [0.05, 0.1) is 27.4 Å². The molecule has 0 saturated carbocycles. The highest BCUT2D eigenvalue weighted by molar-refractivity contribution is 5.86. The number of ether oxygens (including phenoxy) is 3. The zero-order valence-electron chi connectivity index (χ0n) is 16.3. The van der Waals surface area contributed by atoms with E-state index in [4.69, 9.17) is 14.2 Å². The van der Waals surface area contributed by atoms with Crippen LogP contribution in [0.5, 0.6) is 17.2 Å². The lowest BCUT2D eigenvalue weighted by atomic mass is 9.78. The van der Waals surface area contributed by atoms with Crippen LogP contribution in [-0.4, -0.2) is 27.2 Å². The average molecular weight is 378 g/mol. The molecule has 1 aliphatic heterocycles. The third-order valence-corrected chi connectivity index (χ3v) is 4.96. The first-order chi connectivity index (χ1) is 13.6. The number of carbonyl (C=O) groups excluding carboxylic acids is 1. The number of amides is 1. The third kappa shape index (κ3) is 3.16. The van der Waals surface area contributed by atoms with Crippen molar-refractivity contribution in [1.29, 1.82) is 5.26 Å². The fourth-order valence-corrected chi connectivity index (χ4v) is 3.67. The van der Waals surface area contributed by atoms with Gasteiger partial charge < -0.3 is 19.5 Å². The number of benzene rings is 2. The molecule has 2 aromatic rings. The summed E-state index contributed by atoms with van der Waals surface area (Å²) in [6.07, 6.45) is 3.46. The van der Waals surface area contributed by atoms with Crippen LogP contribution in [0.4, 0.5) is 0 Å². The van der Waals surface area contributed by atoms with Crippen molar-refractivity contribution < 1.29 is 19.0 Å². The van der Waals surface area contributed by atoms with Gasteiger partial charge in [0, 0.05) is 17.7 Å². The lowest BCUT2D eigenvalue weighted by Crippen LogP contribution is -2.33. The van der Waals surface area contributed by atoms with Gasteiger partial charge in [-0.05, 0) is 35.7 Å². The average Bonchev–Trinajstić information content (AvgIpc) is 2.72. The fraction of sp³-hybridized carbons (Fsp3) is 0.273. The molecule has 1 aliphatic rings. The molecular formula is C22H22N2O4. The van der Waals surface area contributed by atoms with Crippen molar-refractivity contribution in [2.75, 3.05) is 21.3 Å². The second-order valence-corrected chi connectivity index (χ2v) is 6.42. The van der Waals surface area contributed by atoms with Crippen LogP contribution in [0.2, 0.25) is 0 Å². The normalized spacial score (nSPS) is 18.2. The summed E-state index contributed by atoms with van der Waals surface area (Å²) < 4.78 is 16.5. The van der Waals surface area contributed by atoms with Gasteiger partial charge in [-0.2, -0.15) is 5.26 Å². The highest BCUT2D eigenvalue weighted by Gasteiger charge is 2.33. The van der Waals surface area contributed by atoms with Gasteiger partial charge in [-0.25, -0.2) is 0 Å². The first-order valence-corrected chi connectivity index (χ1v) is 8.82. The topological polar surface area (TPSA) is 80.6 Å². The van der Waals surface area contributed by atoms with Crippen LogP contribution in [-0.2, 0) is 4.79 Å². The highest BCUT2D eigenvalue weighted by Crippen LogP contribution is 2.47. The first kappa shape index (κ1) is 19.3. The smallest absolute Gasteiger partial charge is 0.242 e. The van der Waals surface area contributed by atoms with E-state index in [0.29, 0.717) is 17.2 Å². The largest absolute Gasteiger partial charge is 0.493 e. The van der Waals surface area contributed by atoms with E-state index in [2.05, 4.69) is 11.4 Å². The molecule has 144 valence electrons. The monoisotopic (exact) mass is 378 g/mol. The summed E-state index contributed by atoms with van der Waals surface area (Å²) in [5.41, 5.74) is 3.57. The number of aryl methyl sites for hydroxylation is 1. The Hall–Kier alpha value is -3.46. The van der Waals surface area contributed by atoms with Gasteiger partial charge in [0.2, 0.25) is 11.7 Å². The maximum atomic E-state index is 12.2. The molecule has 0 aliphatic carbocycles. The predicted molar refractivity (Wildman–Crippen MR) is 105 cm³/mol. The molecule has 1 amide bonds. The van der Waals surface area contributed by atoms with Crippen LogP contribution in [0.1, 0.15) is 17.0 Å². The number of carbonyl (C=O) groups is 1. The van der Waals surface area contributed by atoms with E-state index in [1.807, 2.05) is 43.3 Å². The summed E-state index contributed by atoms with van der Waals surface area (Å²) in [5, 5.41) is 12.2. The minimum Gasteiger partial charge on any atom is -0.493 e. The summed E-state index contributed by atoms with van der Waals surface area (Å²) in [6, 6.07) is 11.7. The predicted octanol–water partition coefficient (Wildman–Crippen LogP) is 3.55. The molecule has 0 aromatic heterocycles. The molecule has 1 heterocycles. The third-order valence-electron chi connectivity index (χ3n) is 4.96. The van der Waals surface area contributed by atoms with Gasteiger partial charge in [0.1, 0.15) is 5.92 Å². The van der Waals surface area contributed by atoms with E-state index in [1.165, 1.54) is 0 Å². The van der Waals surface area contributed by atoms with Gasteiger partial charge in [-0.3, -0.25) is 4.79 Å². The van der Waals surface area contributed by atoms with Gasteiger partial charge >= 0.3 is 0 Å². The minimum absolute atomic E-state index is 0.302. The first-order valence-electron chi connectivity index (χ1n) is 8.82. The molecule has 6 heteroatoms. The number of nitrogens with one attached hydrogen (secondary N) is 1. The molecule has 6 nitrogen and oxygen atoms in total. The standard InChI is InChI=1S/C22H22N2O4/c1-13-6-5-7-14(19(13)15-10-11-24-22(25)17(15)12-23)16-8-9-18(26-2)21(28-4)20(16)27-3/h5-11,15,17H,1-4H3,(H,24,25). The summed E-state index contributed by atoms with van der Waals surface area (Å²) in [4.78, 5) is 12.2. The minimum atomic E-state index is -0.809. The van der Waals surface area contributed by atoms with Gasteiger partial charge in [-0.1, -0.05) is 24.3 Å². The highest BCUT2D eigenvalue weighted by atomic mass is 16.5. The molecule has 0 radical (unpaired) electrons. The number of hydrogen-bond donors (Lipinski definition) is 1. The molecule has 0 saturated heterocycles. The Morgan fingerprint density at radius 3 is 2.39 bits per heavy atom. The second kappa shape index (κ2) is 8.05. The summed E-state index contributed by atoms with van der Waals surface area (Å²) >= 11 is 0. The summed E-state index contributed by atoms with van der Waals surface area (Å²) in [7, 11) is 4.70. The number of nitrogens with zero attached hydrogens (tertiary/aromatic N) is 1. The Morgan fingerprint density at radius 2 is 1.75 bits per heavy atom. The summed E-state index contributed by atoms with van der Waals surface area (Å²) in [6.45, 7) is 1.97. The molecule has 0 fully saturated rings. The maximum Gasteiger partial charge on any atom is 0.242 e. The number of allylic oxidation sites excluding steroid dienone is 1. The van der Waals surface area contributed by atoms with Crippen LogP contribution in [0.25, 0.3) is 11.1 Å². The van der Waals surface area contributed by atoms with Crippen molar-refractivity contribution in [3.05, 3.63) is 53.7 Å². The molecule has 28 heavy (non-hydrogen) atoms. The van der Waals surface area contributed by atoms with Crippen molar-refractivity contribution in [2.24, 2.45) is 5.92 Å². The Labute approximate surface area is 164 Å². The van der Waals surface area contributed by atoms with E-state index in [-0.39, 0.29) is 11.8 Å². The molecule has 3 rings (SSSR count). The Morgan fingerprint density at radius 1 is 1.00 bits per heavy atom. The molecule has 2 aromatic carbocycles. The lowest BCUT2D eigenvalue weighted by molar-refractivity contribution is -0.123. The molecule has 2 unspecified atom stereocenters. The van der Waals surface area contributed by atoms with Crippen LogP contribution < -0.4 is 19.5 Å².